The third-order valence-corrected chi connectivity index (χ3v) is 7.49. The van der Waals surface area contributed by atoms with Gasteiger partial charge in [0, 0.05) is 24.9 Å². The predicted molar refractivity (Wildman–Crippen MR) is 159 cm³/mol. The van der Waals surface area contributed by atoms with E-state index in [1.165, 1.54) is 6.07 Å². The molecule has 4 aromatic rings. The van der Waals surface area contributed by atoms with Gasteiger partial charge in [0.25, 0.3) is 0 Å². The Labute approximate surface area is 249 Å². The Morgan fingerprint density at radius 2 is 1.43 bits per heavy atom. The minimum atomic E-state index is -4.48. The van der Waals surface area contributed by atoms with E-state index < -0.39 is 23.2 Å². The number of carboxylic acid groups (broad SMARTS) is 1. The highest BCUT2D eigenvalue weighted by Gasteiger charge is 2.32. The SMILES string of the molecule is CC(COc1cccc(CC(=O)O)c1)CN(CC(c1ccccc1)c1ccccc1)[C@H](Cl)c1cccc(C(F)(F)F)c1. The molecule has 0 aliphatic carbocycles. The standard InChI is InChI=1S/C34H33ClF3NO3/c1-24(23-42-30-17-8-10-25(18-30)19-32(40)41)21-39(33(35)28-15-9-16-29(20-28)34(36,37)38)22-31(26-11-4-2-5-12-26)27-13-6-3-7-14-27/h2-18,20,24,31,33H,19,21-23H2,1H3,(H,40,41)/t24?,33-/m0/s1. The fourth-order valence-corrected chi connectivity index (χ4v) is 5.25. The molecular weight excluding hydrogens is 563 g/mol. The first-order chi connectivity index (χ1) is 20.1. The normalized spacial score (nSPS) is 13.2. The molecule has 0 aliphatic heterocycles. The first kappa shape index (κ1) is 31.1. The average molecular weight is 596 g/mol. The summed E-state index contributed by atoms with van der Waals surface area (Å²) < 4.78 is 46.7. The molecule has 1 unspecified atom stereocenters. The van der Waals surface area contributed by atoms with Gasteiger partial charge in [-0.25, -0.2) is 0 Å². The summed E-state index contributed by atoms with van der Waals surface area (Å²) in [5.74, 6) is -0.517. The van der Waals surface area contributed by atoms with E-state index >= 15 is 0 Å². The van der Waals surface area contributed by atoms with Crippen LogP contribution in [0, 0.1) is 5.92 Å². The van der Waals surface area contributed by atoms with E-state index in [9.17, 15) is 18.0 Å². The zero-order valence-electron chi connectivity index (χ0n) is 23.2. The Morgan fingerprint density at radius 3 is 2.02 bits per heavy atom. The molecule has 0 aliphatic rings. The summed E-state index contributed by atoms with van der Waals surface area (Å²) in [4.78, 5) is 13.1. The number of hydrogen-bond donors (Lipinski definition) is 1. The molecule has 0 saturated carbocycles. The number of carboxylic acids is 1. The smallest absolute Gasteiger partial charge is 0.416 e. The molecule has 4 nitrogen and oxygen atoms in total. The van der Waals surface area contributed by atoms with Gasteiger partial charge in [-0.1, -0.05) is 91.9 Å². The predicted octanol–water partition coefficient (Wildman–Crippen LogP) is 8.42. The van der Waals surface area contributed by atoms with Gasteiger partial charge in [-0.3, -0.25) is 9.69 Å². The Bertz CT molecular complexity index is 1390. The molecule has 0 radical (unpaired) electrons. The molecule has 1 N–H and O–H groups in total. The van der Waals surface area contributed by atoms with Gasteiger partial charge >= 0.3 is 12.1 Å². The molecule has 0 amide bonds. The molecule has 4 rings (SSSR count). The quantitative estimate of drug-likeness (QED) is 0.124. The number of nitrogens with zero attached hydrogens (tertiary/aromatic N) is 1. The molecule has 0 aromatic heterocycles. The molecule has 42 heavy (non-hydrogen) atoms. The molecule has 220 valence electrons. The molecule has 0 spiro atoms. The molecule has 4 aromatic carbocycles. The third kappa shape index (κ3) is 8.84. The van der Waals surface area contributed by atoms with Crippen molar-refractivity contribution in [2.24, 2.45) is 5.92 Å². The van der Waals surface area contributed by atoms with Crippen LogP contribution in [-0.4, -0.2) is 35.7 Å². The first-order valence-corrected chi connectivity index (χ1v) is 14.1. The van der Waals surface area contributed by atoms with Crippen LogP contribution in [0.15, 0.2) is 109 Å². The van der Waals surface area contributed by atoms with Crippen molar-refractivity contribution in [3.8, 4) is 5.75 Å². The Kier molecular flexibility index (Phi) is 10.7. The number of aliphatic carboxylic acids is 1. The van der Waals surface area contributed by atoms with Crippen LogP contribution >= 0.6 is 11.6 Å². The monoisotopic (exact) mass is 595 g/mol. The largest absolute Gasteiger partial charge is 0.493 e. The minimum Gasteiger partial charge on any atom is -0.493 e. The number of rotatable bonds is 13. The minimum absolute atomic E-state index is 0.0626. The fourth-order valence-electron chi connectivity index (χ4n) is 4.95. The number of benzene rings is 4. The van der Waals surface area contributed by atoms with Crippen LogP contribution in [-0.2, 0) is 17.4 Å². The van der Waals surface area contributed by atoms with Crippen LogP contribution in [0.4, 0.5) is 13.2 Å². The van der Waals surface area contributed by atoms with E-state index in [1.54, 1.807) is 30.3 Å². The van der Waals surface area contributed by atoms with Crippen molar-refractivity contribution in [3.05, 3.63) is 137 Å². The maximum absolute atomic E-state index is 13.5. The summed E-state index contributed by atoms with van der Waals surface area (Å²) in [6.07, 6.45) is -4.59. The van der Waals surface area contributed by atoms with Crippen LogP contribution in [0.5, 0.6) is 5.75 Å². The Hall–Kier alpha value is -3.81. The average Bonchev–Trinajstić information content (AvgIpc) is 2.98. The topological polar surface area (TPSA) is 49.8 Å². The highest BCUT2D eigenvalue weighted by atomic mass is 35.5. The molecular formula is C34H33ClF3NO3. The Morgan fingerprint density at radius 1 is 0.833 bits per heavy atom. The number of halogens is 4. The second-order valence-corrected chi connectivity index (χ2v) is 10.8. The molecule has 0 heterocycles. The zero-order valence-corrected chi connectivity index (χ0v) is 23.9. The molecule has 0 bridgehead atoms. The second kappa shape index (κ2) is 14.4. The van der Waals surface area contributed by atoms with Crippen LogP contribution in [0.1, 0.15) is 46.2 Å². The van der Waals surface area contributed by atoms with Crippen LogP contribution in [0.3, 0.4) is 0 Å². The zero-order chi connectivity index (χ0) is 30.1. The third-order valence-electron chi connectivity index (χ3n) is 6.97. The van der Waals surface area contributed by atoms with Crippen molar-refractivity contribution < 1.29 is 27.8 Å². The summed E-state index contributed by atoms with van der Waals surface area (Å²) in [7, 11) is 0. The summed E-state index contributed by atoms with van der Waals surface area (Å²) in [6, 6.07) is 32.0. The lowest BCUT2D eigenvalue weighted by Crippen LogP contribution is -2.36. The van der Waals surface area contributed by atoms with E-state index in [0.29, 0.717) is 36.6 Å². The number of ether oxygens (including phenoxy) is 1. The number of hydrogen-bond acceptors (Lipinski definition) is 3. The fraction of sp³-hybridized carbons (Fsp3) is 0.265. The lowest BCUT2D eigenvalue weighted by molar-refractivity contribution is -0.138. The molecule has 0 saturated heterocycles. The summed E-state index contributed by atoms with van der Waals surface area (Å²) in [5, 5.41) is 9.10. The van der Waals surface area contributed by atoms with Gasteiger partial charge in [-0.15, -0.1) is 11.6 Å². The van der Waals surface area contributed by atoms with Crippen molar-refractivity contribution in [1.82, 2.24) is 4.90 Å². The van der Waals surface area contributed by atoms with Gasteiger partial charge in [0.2, 0.25) is 0 Å². The summed E-state index contributed by atoms with van der Waals surface area (Å²) >= 11 is 7.01. The Balaban J connectivity index is 1.60. The second-order valence-electron chi connectivity index (χ2n) is 10.4. The van der Waals surface area contributed by atoms with Gasteiger partial charge in [-0.2, -0.15) is 13.2 Å². The van der Waals surface area contributed by atoms with Gasteiger partial charge in [-0.05, 0) is 46.5 Å². The van der Waals surface area contributed by atoms with Crippen LogP contribution in [0.25, 0.3) is 0 Å². The van der Waals surface area contributed by atoms with Crippen molar-refractivity contribution in [2.75, 3.05) is 19.7 Å². The molecule has 0 fully saturated rings. The summed E-state index contributed by atoms with van der Waals surface area (Å²) in [5.41, 5.74) is 1.56. The van der Waals surface area contributed by atoms with Crippen molar-refractivity contribution in [3.63, 3.8) is 0 Å². The number of carbonyl (C=O) groups is 1. The molecule has 2 atom stereocenters. The van der Waals surface area contributed by atoms with E-state index in [-0.39, 0.29) is 18.3 Å². The van der Waals surface area contributed by atoms with Crippen molar-refractivity contribution >= 4 is 17.6 Å². The summed E-state index contributed by atoms with van der Waals surface area (Å²) in [6.45, 7) is 3.19. The van der Waals surface area contributed by atoms with Gasteiger partial charge in [0.15, 0.2) is 0 Å². The number of alkyl halides is 4. The van der Waals surface area contributed by atoms with Gasteiger partial charge < -0.3 is 9.84 Å². The maximum atomic E-state index is 13.5. The molecule has 8 heteroatoms. The van der Waals surface area contributed by atoms with Crippen LogP contribution in [0.2, 0.25) is 0 Å². The highest BCUT2D eigenvalue weighted by Crippen LogP contribution is 2.36. The highest BCUT2D eigenvalue weighted by molar-refractivity contribution is 6.20. The van der Waals surface area contributed by atoms with E-state index in [4.69, 9.17) is 21.4 Å². The van der Waals surface area contributed by atoms with E-state index in [2.05, 4.69) is 0 Å². The van der Waals surface area contributed by atoms with Crippen LogP contribution < -0.4 is 4.74 Å². The van der Waals surface area contributed by atoms with Crippen molar-refractivity contribution in [2.45, 2.75) is 30.9 Å². The maximum Gasteiger partial charge on any atom is 0.416 e. The first-order valence-electron chi connectivity index (χ1n) is 13.7. The lowest BCUT2D eigenvalue weighted by Gasteiger charge is -2.34. The van der Waals surface area contributed by atoms with E-state index in [1.807, 2.05) is 72.5 Å². The van der Waals surface area contributed by atoms with Gasteiger partial charge in [0.1, 0.15) is 11.3 Å². The van der Waals surface area contributed by atoms with Gasteiger partial charge in [0.05, 0.1) is 18.6 Å². The van der Waals surface area contributed by atoms with Crippen molar-refractivity contribution in [1.29, 1.82) is 0 Å². The lowest BCUT2D eigenvalue weighted by atomic mass is 9.90. The van der Waals surface area contributed by atoms with E-state index in [0.717, 1.165) is 23.3 Å².